The summed E-state index contributed by atoms with van der Waals surface area (Å²) in [5, 5.41) is 9.29. The first-order valence-corrected chi connectivity index (χ1v) is 8.45. The molecule has 23 heavy (non-hydrogen) atoms. The maximum Gasteiger partial charge on any atom is 0.216 e. The average molecular weight is 327 g/mol. The second-order valence-electron chi connectivity index (χ2n) is 5.17. The van der Waals surface area contributed by atoms with Gasteiger partial charge in [-0.3, -0.25) is 0 Å². The smallest absolute Gasteiger partial charge is 0.216 e. The largest absolute Gasteiger partial charge is 0.496 e. The number of hydrogen-bond acceptors (Lipinski definition) is 4. The first-order valence-electron chi connectivity index (χ1n) is 6.96. The number of benzene rings is 2. The van der Waals surface area contributed by atoms with Gasteiger partial charge in [-0.1, -0.05) is 23.8 Å². The van der Waals surface area contributed by atoms with Crippen LogP contribution in [0, 0.1) is 25.2 Å². The summed E-state index contributed by atoms with van der Waals surface area (Å²) in [4.78, 5) is -0.174. The van der Waals surface area contributed by atoms with E-state index in [9.17, 15) is 13.7 Å². The Morgan fingerprint density at radius 1 is 1.13 bits per heavy atom. The zero-order valence-corrected chi connectivity index (χ0v) is 14.0. The maximum atomic E-state index is 12.6. The molecule has 0 amide bonds. The number of hydrogen-bond donors (Lipinski definition) is 0. The molecule has 0 aliphatic heterocycles. The van der Waals surface area contributed by atoms with Crippen LogP contribution in [0.4, 0.5) is 0 Å². The van der Waals surface area contributed by atoms with Crippen molar-refractivity contribution in [2.45, 2.75) is 18.7 Å². The number of nitriles is 1. The number of allylic oxidation sites excluding steroid dienone is 1. The van der Waals surface area contributed by atoms with Crippen molar-refractivity contribution in [3.63, 3.8) is 0 Å². The molecule has 118 valence electrons. The number of methoxy groups -OCH3 is 1. The summed E-state index contributed by atoms with van der Waals surface area (Å²) in [6.07, 6.45) is 1.38. The molecule has 2 aromatic carbocycles. The molecule has 0 aliphatic rings. The highest BCUT2D eigenvalue weighted by Crippen LogP contribution is 2.24. The lowest BCUT2D eigenvalue weighted by Gasteiger charge is -2.06. The fourth-order valence-corrected chi connectivity index (χ4v) is 3.32. The van der Waals surface area contributed by atoms with Gasteiger partial charge in [0.25, 0.3) is 0 Å². The van der Waals surface area contributed by atoms with Gasteiger partial charge in [0.05, 0.1) is 12.0 Å². The van der Waals surface area contributed by atoms with E-state index in [1.807, 2.05) is 13.8 Å². The van der Waals surface area contributed by atoms with Gasteiger partial charge in [0, 0.05) is 0 Å². The minimum atomic E-state index is -3.83. The molecule has 0 radical (unpaired) electrons. The van der Waals surface area contributed by atoms with Gasteiger partial charge < -0.3 is 4.74 Å². The first kappa shape index (κ1) is 16.8. The summed E-state index contributed by atoms with van der Waals surface area (Å²) in [5.74, 6) is 0.710. The van der Waals surface area contributed by atoms with Crippen LogP contribution in [0.15, 0.2) is 52.3 Å². The number of sulfone groups is 1. The van der Waals surface area contributed by atoms with Gasteiger partial charge >= 0.3 is 0 Å². The van der Waals surface area contributed by atoms with Gasteiger partial charge in [-0.15, -0.1) is 0 Å². The molecule has 0 atom stereocenters. The van der Waals surface area contributed by atoms with E-state index in [0.29, 0.717) is 11.3 Å². The number of rotatable bonds is 4. The van der Waals surface area contributed by atoms with Crippen LogP contribution in [0.25, 0.3) is 6.08 Å². The molecule has 5 heteroatoms. The third kappa shape index (κ3) is 3.61. The maximum absolute atomic E-state index is 12.6. The van der Waals surface area contributed by atoms with Crippen LogP contribution in [0.5, 0.6) is 5.75 Å². The van der Waals surface area contributed by atoms with Crippen LogP contribution < -0.4 is 4.74 Å². The molecule has 0 aliphatic carbocycles. The van der Waals surface area contributed by atoms with Gasteiger partial charge in [0.15, 0.2) is 0 Å². The molecule has 0 heterocycles. The Balaban J connectivity index is 2.48. The molecular weight excluding hydrogens is 310 g/mol. The zero-order chi connectivity index (χ0) is 17.0. The van der Waals surface area contributed by atoms with E-state index in [1.165, 1.54) is 18.2 Å². The van der Waals surface area contributed by atoms with Gasteiger partial charge in [0.1, 0.15) is 16.7 Å². The monoisotopic (exact) mass is 327 g/mol. The van der Waals surface area contributed by atoms with Gasteiger partial charge in [-0.25, -0.2) is 8.42 Å². The highest BCUT2D eigenvalue weighted by molar-refractivity contribution is 7.95. The van der Waals surface area contributed by atoms with E-state index in [-0.39, 0.29) is 9.80 Å². The van der Waals surface area contributed by atoms with Crippen LogP contribution in [-0.2, 0) is 9.84 Å². The van der Waals surface area contributed by atoms with Crippen LogP contribution in [0.1, 0.15) is 16.7 Å². The molecule has 2 rings (SSSR count). The predicted octanol–water partition coefficient (Wildman–Crippen LogP) is 3.65. The Labute approximate surface area is 136 Å². The molecule has 0 saturated heterocycles. The van der Waals surface area contributed by atoms with Crippen LogP contribution in [0.3, 0.4) is 0 Å². The Bertz CT molecular complexity index is 889. The molecule has 0 spiro atoms. The highest BCUT2D eigenvalue weighted by atomic mass is 32.2. The first-order chi connectivity index (χ1) is 10.9. The van der Waals surface area contributed by atoms with Crippen LogP contribution in [0.2, 0.25) is 0 Å². The minimum Gasteiger partial charge on any atom is -0.496 e. The van der Waals surface area contributed by atoms with E-state index in [0.717, 1.165) is 11.1 Å². The molecule has 0 saturated carbocycles. The van der Waals surface area contributed by atoms with Gasteiger partial charge in [0.2, 0.25) is 9.84 Å². The summed E-state index contributed by atoms with van der Waals surface area (Å²) < 4.78 is 30.3. The third-order valence-electron chi connectivity index (χ3n) is 3.45. The van der Waals surface area contributed by atoms with Crippen LogP contribution >= 0.6 is 0 Å². The van der Waals surface area contributed by atoms with Crippen molar-refractivity contribution in [2.24, 2.45) is 0 Å². The van der Waals surface area contributed by atoms with E-state index in [1.54, 1.807) is 43.5 Å². The van der Waals surface area contributed by atoms with E-state index in [2.05, 4.69) is 0 Å². The summed E-state index contributed by atoms with van der Waals surface area (Å²) in [7, 11) is -2.26. The van der Waals surface area contributed by atoms with Crippen molar-refractivity contribution in [2.75, 3.05) is 7.11 Å². The summed E-state index contributed by atoms with van der Waals surface area (Å²) in [6.45, 7) is 3.73. The summed E-state index contributed by atoms with van der Waals surface area (Å²) in [5.41, 5.74) is 2.46. The predicted molar refractivity (Wildman–Crippen MR) is 89.7 cm³/mol. The summed E-state index contributed by atoms with van der Waals surface area (Å²) in [6, 6.07) is 13.5. The molecule has 0 unspecified atom stereocenters. The van der Waals surface area contributed by atoms with E-state index in [4.69, 9.17) is 4.74 Å². The van der Waals surface area contributed by atoms with E-state index < -0.39 is 9.84 Å². The SMILES string of the molecule is COc1ccc(/C=C(\C#N)S(=O)(=O)c2ccc(C)cc2)cc1C. The lowest BCUT2D eigenvalue weighted by molar-refractivity contribution is 0.411. The van der Waals surface area contributed by atoms with Crippen molar-refractivity contribution in [1.29, 1.82) is 5.26 Å². The third-order valence-corrected chi connectivity index (χ3v) is 5.13. The number of ether oxygens (including phenoxy) is 1. The van der Waals surface area contributed by atoms with Gasteiger partial charge in [-0.2, -0.15) is 5.26 Å². The second-order valence-corrected chi connectivity index (χ2v) is 7.08. The van der Waals surface area contributed by atoms with Crippen molar-refractivity contribution in [3.8, 4) is 11.8 Å². The Hall–Kier alpha value is -2.58. The zero-order valence-electron chi connectivity index (χ0n) is 13.2. The molecular formula is C18H17NO3S. The van der Waals surface area contributed by atoms with Crippen molar-refractivity contribution in [1.82, 2.24) is 0 Å². The van der Waals surface area contributed by atoms with Gasteiger partial charge in [-0.05, 0) is 55.3 Å². The quantitative estimate of drug-likeness (QED) is 0.804. The normalized spacial score (nSPS) is 11.8. The topological polar surface area (TPSA) is 67.2 Å². The Kier molecular flexibility index (Phi) is 4.87. The van der Waals surface area contributed by atoms with Crippen molar-refractivity contribution >= 4 is 15.9 Å². The number of aryl methyl sites for hydroxylation is 2. The molecule has 4 nitrogen and oxygen atoms in total. The Morgan fingerprint density at radius 3 is 2.30 bits per heavy atom. The second kappa shape index (κ2) is 6.67. The average Bonchev–Trinajstić information content (AvgIpc) is 2.53. The van der Waals surface area contributed by atoms with E-state index >= 15 is 0 Å². The highest BCUT2D eigenvalue weighted by Gasteiger charge is 2.20. The number of nitrogens with zero attached hydrogens (tertiary/aromatic N) is 1. The fraction of sp³-hybridized carbons (Fsp3) is 0.167. The minimum absolute atomic E-state index is 0.112. The molecule has 2 aromatic rings. The molecule has 0 N–H and O–H groups in total. The summed E-state index contributed by atoms with van der Waals surface area (Å²) >= 11 is 0. The Morgan fingerprint density at radius 2 is 1.78 bits per heavy atom. The molecule has 0 fully saturated rings. The van der Waals surface area contributed by atoms with Crippen molar-refractivity contribution < 1.29 is 13.2 Å². The fourth-order valence-electron chi connectivity index (χ4n) is 2.16. The lowest BCUT2D eigenvalue weighted by atomic mass is 10.1. The molecule has 0 aromatic heterocycles. The molecule has 0 bridgehead atoms. The standard InChI is InChI=1S/C18H17NO3S/c1-13-4-7-16(8-5-13)23(20,21)17(12-19)11-15-6-9-18(22-3)14(2)10-15/h4-11H,1-3H3/b17-11+. The van der Waals surface area contributed by atoms with Crippen molar-refractivity contribution in [3.05, 3.63) is 64.1 Å². The van der Waals surface area contributed by atoms with Crippen LogP contribution in [-0.4, -0.2) is 15.5 Å². The lowest BCUT2D eigenvalue weighted by Crippen LogP contribution is -2.03.